The van der Waals surface area contributed by atoms with Gasteiger partial charge in [-0.2, -0.15) is 0 Å². The molecular weight excluding hydrogens is 356 g/mol. The fraction of sp³-hybridized carbons (Fsp3) is 0.273. The summed E-state index contributed by atoms with van der Waals surface area (Å²) in [6.07, 6.45) is 1.64. The fourth-order valence-corrected chi connectivity index (χ4v) is 2.45. The Balaban J connectivity index is 1.84. The van der Waals surface area contributed by atoms with Gasteiger partial charge < -0.3 is 9.47 Å². The molecule has 0 saturated carbocycles. The van der Waals surface area contributed by atoms with Crippen molar-refractivity contribution in [2.45, 2.75) is 26.2 Å². The summed E-state index contributed by atoms with van der Waals surface area (Å²) in [6, 6.07) is 14.1. The van der Waals surface area contributed by atoms with E-state index in [0.29, 0.717) is 23.7 Å². The minimum Gasteiger partial charge on any atom is -0.490 e. The molecule has 0 aromatic heterocycles. The molecule has 0 bridgehead atoms. The maximum Gasteiger partial charge on any atom is 0.276 e. The predicted molar refractivity (Wildman–Crippen MR) is 108 cm³/mol. The first-order valence-electron chi connectivity index (χ1n) is 8.96. The van der Waals surface area contributed by atoms with E-state index in [4.69, 9.17) is 9.47 Å². The van der Waals surface area contributed by atoms with Gasteiger partial charge in [0.15, 0.2) is 6.61 Å². The first-order valence-corrected chi connectivity index (χ1v) is 8.96. The molecule has 0 unspecified atom stereocenters. The Morgan fingerprint density at radius 2 is 1.68 bits per heavy atom. The molecule has 0 atom stereocenters. The number of rotatable bonds is 7. The lowest BCUT2D eigenvalue weighted by molar-refractivity contribution is -0.123. The molecule has 0 aliphatic heterocycles. The Kier molecular flexibility index (Phi) is 7.21. The van der Waals surface area contributed by atoms with E-state index in [2.05, 4.69) is 38.2 Å². The van der Waals surface area contributed by atoms with Crippen LogP contribution in [0.1, 0.15) is 36.7 Å². The van der Waals surface area contributed by atoms with E-state index in [0.717, 1.165) is 5.56 Å². The lowest BCUT2D eigenvalue weighted by atomic mass is 9.86. The molecule has 28 heavy (non-hydrogen) atoms. The van der Waals surface area contributed by atoms with Crippen LogP contribution in [0, 0.1) is 0 Å². The molecule has 2 amide bonds. The van der Waals surface area contributed by atoms with Gasteiger partial charge in [-0.1, -0.05) is 51.6 Å². The maximum atomic E-state index is 12.1. The van der Waals surface area contributed by atoms with Crippen LogP contribution in [0.5, 0.6) is 11.5 Å². The van der Waals surface area contributed by atoms with Crippen molar-refractivity contribution in [2.75, 3.05) is 13.2 Å². The van der Waals surface area contributed by atoms with Crippen LogP contribution in [0.4, 0.5) is 0 Å². The van der Waals surface area contributed by atoms with Crippen LogP contribution in [0.15, 0.2) is 61.2 Å². The van der Waals surface area contributed by atoms with E-state index in [1.165, 1.54) is 0 Å². The van der Waals surface area contributed by atoms with Gasteiger partial charge in [-0.25, -0.2) is 0 Å². The molecule has 0 saturated heterocycles. The minimum absolute atomic E-state index is 0.108. The van der Waals surface area contributed by atoms with Gasteiger partial charge in [0.2, 0.25) is 0 Å². The Labute approximate surface area is 165 Å². The third-order valence-electron chi connectivity index (χ3n) is 3.85. The molecule has 0 spiro atoms. The average molecular weight is 382 g/mol. The first kappa shape index (κ1) is 21.0. The SMILES string of the molecule is C=CCOc1ccc(C(=O)NNC(=O)COc2ccccc2C(C)(C)C)cc1. The standard InChI is InChI=1S/C22H26N2O4/c1-5-14-27-17-12-10-16(11-13-17)21(26)24-23-20(25)15-28-19-9-7-6-8-18(19)22(2,3)4/h5-13H,1,14-15H2,2-4H3,(H,23,25)(H,24,26). The van der Waals surface area contributed by atoms with Crippen LogP contribution in [0.2, 0.25) is 0 Å². The summed E-state index contributed by atoms with van der Waals surface area (Å²) >= 11 is 0. The molecule has 0 fully saturated rings. The number of benzene rings is 2. The summed E-state index contributed by atoms with van der Waals surface area (Å²) in [7, 11) is 0. The number of hydrazine groups is 1. The van der Waals surface area contributed by atoms with Crippen molar-refractivity contribution in [3.63, 3.8) is 0 Å². The predicted octanol–water partition coefficient (Wildman–Crippen LogP) is 3.39. The van der Waals surface area contributed by atoms with Crippen molar-refractivity contribution in [3.8, 4) is 11.5 Å². The highest BCUT2D eigenvalue weighted by Gasteiger charge is 2.19. The third kappa shape index (κ3) is 6.16. The molecule has 2 rings (SSSR count). The fourth-order valence-electron chi connectivity index (χ4n) is 2.45. The molecule has 6 nitrogen and oxygen atoms in total. The number of carbonyl (C=O) groups excluding carboxylic acids is 2. The number of carbonyl (C=O) groups is 2. The number of para-hydroxylation sites is 1. The summed E-state index contributed by atoms with van der Waals surface area (Å²) in [5.41, 5.74) is 6.01. The van der Waals surface area contributed by atoms with Crippen molar-refractivity contribution < 1.29 is 19.1 Å². The highest BCUT2D eigenvalue weighted by Crippen LogP contribution is 2.30. The van der Waals surface area contributed by atoms with Gasteiger partial charge in [0.1, 0.15) is 18.1 Å². The van der Waals surface area contributed by atoms with Gasteiger partial charge in [-0.3, -0.25) is 20.4 Å². The van der Waals surface area contributed by atoms with E-state index in [9.17, 15) is 9.59 Å². The quantitative estimate of drug-likeness (QED) is 0.568. The number of amides is 2. The molecule has 0 aliphatic rings. The monoisotopic (exact) mass is 382 g/mol. The van der Waals surface area contributed by atoms with Crippen LogP contribution >= 0.6 is 0 Å². The van der Waals surface area contributed by atoms with E-state index in [1.807, 2.05) is 24.3 Å². The Morgan fingerprint density at radius 1 is 1.00 bits per heavy atom. The molecule has 2 N–H and O–H groups in total. The number of hydrogen-bond acceptors (Lipinski definition) is 4. The van der Waals surface area contributed by atoms with Crippen LogP contribution in [0.3, 0.4) is 0 Å². The lowest BCUT2D eigenvalue weighted by Crippen LogP contribution is -2.43. The zero-order chi connectivity index (χ0) is 20.6. The average Bonchev–Trinajstić information content (AvgIpc) is 2.68. The summed E-state index contributed by atoms with van der Waals surface area (Å²) in [4.78, 5) is 24.1. The van der Waals surface area contributed by atoms with Gasteiger partial charge in [0, 0.05) is 5.56 Å². The maximum absolute atomic E-state index is 12.1. The van der Waals surface area contributed by atoms with Crippen LogP contribution < -0.4 is 20.3 Å². The topological polar surface area (TPSA) is 76.7 Å². The Bertz CT molecular complexity index is 823. The summed E-state index contributed by atoms with van der Waals surface area (Å²) in [6.45, 7) is 9.97. The molecule has 0 heterocycles. The summed E-state index contributed by atoms with van der Waals surface area (Å²) in [5.74, 6) is 0.389. The second kappa shape index (κ2) is 9.60. The molecule has 2 aromatic rings. The van der Waals surface area contributed by atoms with Crippen LogP contribution in [-0.2, 0) is 10.2 Å². The second-order valence-corrected chi connectivity index (χ2v) is 7.16. The zero-order valence-electron chi connectivity index (χ0n) is 16.5. The summed E-state index contributed by atoms with van der Waals surface area (Å²) < 4.78 is 11.0. The highest BCUT2D eigenvalue weighted by atomic mass is 16.5. The number of nitrogens with one attached hydrogen (secondary N) is 2. The lowest BCUT2D eigenvalue weighted by Gasteiger charge is -2.22. The normalized spacial score (nSPS) is 10.7. The van der Waals surface area contributed by atoms with Gasteiger partial charge in [-0.05, 0) is 41.3 Å². The first-order chi connectivity index (χ1) is 13.3. The molecule has 148 valence electrons. The van der Waals surface area contributed by atoms with Gasteiger partial charge >= 0.3 is 0 Å². The highest BCUT2D eigenvalue weighted by molar-refractivity contribution is 5.95. The van der Waals surface area contributed by atoms with Crippen LogP contribution in [0.25, 0.3) is 0 Å². The van der Waals surface area contributed by atoms with Crippen molar-refractivity contribution in [1.82, 2.24) is 10.9 Å². The Hall–Kier alpha value is -3.28. The zero-order valence-corrected chi connectivity index (χ0v) is 16.5. The summed E-state index contributed by atoms with van der Waals surface area (Å²) in [5, 5.41) is 0. The molecule has 2 aromatic carbocycles. The smallest absolute Gasteiger partial charge is 0.276 e. The van der Waals surface area contributed by atoms with Crippen LogP contribution in [-0.4, -0.2) is 25.0 Å². The molecule has 0 radical (unpaired) electrons. The van der Waals surface area contributed by atoms with E-state index >= 15 is 0 Å². The largest absolute Gasteiger partial charge is 0.490 e. The van der Waals surface area contributed by atoms with Gasteiger partial charge in [0.05, 0.1) is 0 Å². The van der Waals surface area contributed by atoms with Gasteiger partial charge in [-0.15, -0.1) is 0 Å². The van der Waals surface area contributed by atoms with E-state index in [1.54, 1.807) is 30.3 Å². The van der Waals surface area contributed by atoms with E-state index in [-0.39, 0.29) is 12.0 Å². The molecule has 0 aliphatic carbocycles. The molecular formula is C22H26N2O4. The van der Waals surface area contributed by atoms with Crippen molar-refractivity contribution >= 4 is 11.8 Å². The van der Waals surface area contributed by atoms with E-state index < -0.39 is 11.8 Å². The van der Waals surface area contributed by atoms with Crippen molar-refractivity contribution in [2.24, 2.45) is 0 Å². The second-order valence-electron chi connectivity index (χ2n) is 7.16. The van der Waals surface area contributed by atoms with Crippen molar-refractivity contribution in [1.29, 1.82) is 0 Å². The molecule has 6 heteroatoms. The number of ether oxygens (including phenoxy) is 2. The number of hydrogen-bond donors (Lipinski definition) is 2. The third-order valence-corrected chi connectivity index (χ3v) is 3.85. The Morgan fingerprint density at radius 3 is 2.32 bits per heavy atom. The van der Waals surface area contributed by atoms with Crippen molar-refractivity contribution in [3.05, 3.63) is 72.3 Å². The minimum atomic E-state index is -0.456. The van der Waals surface area contributed by atoms with Gasteiger partial charge in [0.25, 0.3) is 11.8 Å².